The summed E-state index contributed by atoms with van der Waals surface area (Å²) in [4.78, 5) is 12.1. The Morgan fingerprint density at radius 3 is 2.59 bits per heavy atom. The molecule has 2 rings (SSSR count). The number of ether oxygens (including phenoxy) is 1. The van der Waals surface area contributed by atoms with Crippen molar-refractivity contribution in [1.29, 1.82) is 0 Å². The van der Waals surface area contributed by atoms with Crippen LogP contribution in [0.4, 0.5) is 0 Å². The number of aliphatic hydroxyl groups excluding tert-OH is 1. The summed E-state index contributed by atoms with van der Waals surface area (Å²) in [5.41, 5.74) is 0.717. The Balaban J connectivity index is 1.96. The standard InChI is InChI=1S/C17H21NO4/c1-12-8-9-16(22-12)14(11-21-2)18-17(20)10-15(19)13-6-4-3-5-7-13/h3-9,14-15,19H,10-11H2,1-2H3,(H,18,20). The molecule has 2 atom stereocenters. The van der Waals surface area contributed by atoms with Crippen LogP contribution in [0.1, 0.15) is 35.7 Å². The molecule has 5 nitrogen and oxygen atoms in total. The van der Waals surface area contributed by atoms with Gasteiger partial charge in [-0.3, -0.25) is 4.79 Å². The van der Waals surface area contributed by atoms with Crippen molar-refractivity contribution in [1.82, 2.24) is 5.32 Å². The smallest absolute Gasteiger partial charge is 0.223 e. The number of furan rings is 1. The number of hydrogen-bond acceptors (Lipinski definition) is 4. The van der Waals surface area contributed by atoms with Gasteiger partial charge in [0.25, 0.3) is 0 Å². The van der Waals surface area contributed by atoms with Crippen molar-refractivity contribution in [3.8, 4) is 0 Å². The van der Waals surface area contributed by atoms with Crippen molar-refractivity contribution in [2.75, 3.05) is 13.7 Å². The Labute approximate surface area is 129 Å². The largest absolute Gasteiger partial charge is 0.464 e. The van der Waals surface area contributed by atoms with Crippen LogP contribution in [0.2, 0.25) is 0 Å². The highest BCUT2D eigenvalue weighted by Crippen LogP contribution is 2.19. The molecule has 22 heavy (non-hydrogen) atoms. The fourth-order valence-electron chi connectivity index (χ4n) is 2.22. The van der Waals surface area contributed by atoms with Crippen LogP contribution in [0.25, 0.3) is 0 Å². The SMILES string of the molecule is COCC(NC(=O)CC(O)c1ccccc1)c1ccc(C)o1. The Kier molecular flexibility index (Phi) is 5.75. The van der Waals surface area contributed by atoms with Gasteiger partial charge in [-0.25, -0.2) is 0 Å². The number of amides is 1. The number of methoxy groups -OCH3 is 1. The predicted molar refractivity (Wildman–Crippen MR) is 82.2 cm³/mol. The van der Waals surface area contributed by atoms with Crippen LogP contribution >= 0.6 is 0 Å². The number of nitrogens with one attached hydrogen (secondary N) is 1. The Morgan fingerprint density at radius 2 is 2.00 bits per heavy atom. The molecule has 1 aromatic heterocycles. The molecule has 0 bridgehead atoms. The van der Waals surface area contributed by atoms with Gasteiger partial charge in [-0.2, -0.15) is 0 Å². The van der Waals surface area contributed by atoms with Gasteiger partial charge in [-0.1, -0.05) is 30.3 Å². The quantitative estimate of drug-likeness (QED) is 0.824. The first-order valence-electron chi connectivity index (χ1n) is 7.17. The molecule has 1 aromatic carbocycles. The first-order valence-corrected chi connectivity index (χ1v) is 7.17. The van der Waals surface area contributed by atoms with Crippen LogP contribution in [0.3, 0.4) is 0 Å². The summed E-state index contributed by atoms with van der Waals surface area (Å²) < 4.78 is 10.7. The lowest BCUT2D eigenvalue weighted by molar-refractivity contribution is -0.124. The molecule has 5 heteroatoms. The molecule has 0 saturated heterocycles. The second-order valence-corrected chi connectivity index (χ2v) is 5.15. The maximum atomic E-state index is 12.1. The van der Waals surface area contributed by atoms with E-state index in [0.717, 1.165) is 11.3 Å². The number of hydrogen-bond donors (Lipinski definition) is 2. The van der Waals surface area contributed by atoms with Gasteiger partial charge in [0.2, 0.25) is 5.91 Å². The zero-order valence-corrected chi connectivity index (χ0v) is 12.8. The molecule has 0 aliphatic heterocycles. The van der Waals surface area contributed by atoms with E-state index in [9.17, 15) is 9.90 Å². The minimum atomic E-state index is -0.831. The van der Waals surface area contributed by atoms with Gasteiger partial charge in [-0.05, 0) is 24.6 Å². The van der Waals surface area contributed by atoms with E-state index in [2.05, 4.69) is 5.32 Å². The van der Waals surface area contributed by atoms with Gasteiger partial charge in [0.1, 0.15) is 17.6 Å². The zero-order chi connectivity index (χ0) is 15.9. The first kappa shape index (κ1) is 16.3. The van der Waals surface area contributed by atoms with Crippen molar-refractivity contribution < 1.29 is 19.1 Å². The third kappa shape index (κ3) is 4.44. The van der Waals surface area contributed by atoms with Crippen LogP contribution in [-0.4, -0.2) is 24.7 Å². The Bertz CT molecular complexity index is 594. The van der Waals surface area contributed by atoms with E-state index >= 15 is 0 Å². The number of carbonyl (C=O) groups is 1. The highest BCUT2D eigenvalue weighted by molar-refractivity contribution is 5.77. The Hall–Kier alpha value is -2.11. The number of aryl methyl sites for hydroxylation is 1. The lowest BCUT2D eigenvalue weighted by Gasteiger charge is -2.17. The first-order chi connectivity index (χ1) is 10.6. The van der Waals surface area contributed by atoms with Crippen molar-refractivity contribution in [3.63, 3.8) is 0 Å². The van der Waals surface area contributed by atoms with Crippen LogP contribution in [0.5, 0.6) is 0 Å². The molecule has 2 aromatic rings. The molecule has 2 unspecified atom stereocenters. The van der Waals surface area contributed by atoms with Crippen molar-refractivity contribution in [3.05, 3.63) is 59.5 Å². The van der Waals surface area contributed by atoms with Gasteiger partial charge >= 0.3 is 0 Å². The lowest BCUT2D eigenvalue weighted by atomic mass is 10.1. The molecule has 0 radical (unpaired) electrons. The molecule has 1 heterocycles. The van der Waals surface area contributed by atoms with E-state index in [1.807, 2.05) is 37.3 Å². The van der Waals surface area contributed by atoms with E-state index in [-0.39, 0.29) is 18.4 Å². The molecule has 0 aliphatic rings. The van der Waals surface area contributed by atoms with Crippen LogP contribution in [0, 0.1) is 6.92 Å². The fraction of sp³-hybridized carbons (Fsp3) is 0.353. The Morgan fingerprint density at radius 1 is 1.27 bits per heavy atom. The summed E-state index contributed by atoms with van der Waals surface area (Å²) >= 11 is 0. The van der Waals surface area contributed by atoms with Gasteiger partial charge in [0.15, 0.2) is 0 Å². The summed E-state index contributed by atoms with van der Waals surface area (Å²) in [6, 6.07) is 12.4. The molecule has 118 valence electrons. The van der Waals surface area contributed by atoms with Crippen molar-refractivity contribution in [2.45, 2.75) is 25.5 Å². The van der Waals surface area contributed by atoms with E-state index in [4.69, 9.17) is 9.15 Å². The molecule has 0 spiro atoms. The summed E-state index contributed by atoms with van der Waals surface area (Å²) in [5.74, 6) is 1.16. The van der Waals surface area contributed by atoms with Crippen molar-refractivity contribution in [2.24, 2.45) is 0 Å². The molecule has 0 aliphatic carbocycles. The molecule has 1 amide bonds. The van der Waals surface area contributed by atoms with E-state index in [0.29, 0.717) is 12.4 Å². The summed E-state index contributed by atoms with van der Waals surface area (Å²) in [6.07, 6.45) is -0.841. The minimum absolute atomic E-state index is 0.0100. The third-order valence-corrected chi connectivity index (χ3v) is 3.34. The number of aliphatic hydroxyl groups is 1. The third-order valence-electron chi connectivity index (χ3n) is 3.34. The lowest BCUT2D eigenvalue weighted by Crippen LogP contribution is -2.32. The normalized spacial score (nSPS) is 13.6. The molecular formula is C17H21NO4. The summed E-state index contributed by atoms with van der Waals surface area (Å²) in [5, 5.41) is 12.9. The van der Waals surface area contributed by atoms with Crippen LogP contribution in [0.15, 0.2) is 46.9 Å². The van der Waals surface area contributed by atoms with E-state index < -0.39 is 6.10 Å². The topological polar surface area (TPSA) is 71.7 Å². The van der Waals surface area contributed by atoms with Gasteiger partial charge in [0, 0.05) is 7.11 Å². The van der Waals surface area contributed by atoms with Gasteiger partial charge in [0.05, 0.1) is 19.1 Å². The number of benzene rings is 1. The highest BCUT2D eigenvalue weighted by Gasteiger charge is 2.20. The molecule has 2 N–H and O–H groups in total. The fourth-order valence-corrected chi connectivity index (χ4v) is 2.22. The van der Waals surface area contributed by atoms with E-state index in [1.54, 1.807) is 19.2 Å². The second kappa shape index (κ2) is 7.77. The molecule has 0 saturated carbocycles. The molecule has 0 fully saturated rings. The number of rotatable bonds is 7. The highest BCUT2D eigenvalue weighted by atomic mass is 16.5. The monoisotopic (exact) mass is 303 g/mol. The van der Waals surface area contributed by atoms with E-state index in [1.165, 1.54) is 0 Å². The van der Waals surface area contributed by atoms with Crippen LogP contribution in [-0.2, 0) is 9.53 Å². The maximum Gasteiger partial charge on any atom is 0.223 e. The average Bonchev–Trinajstić information content (AvgIpc) is 2.94. The predicted octanol–water partition coefficient (Wildman–Crippen LogP) is 2.52. The van der Waals surface area contributed by atoms with Gasteiger partial charge < -0.3 is 19.6 Å². The average molecular weight is 303 g/mol. The zero-order valence-electron chi connectivity index (χ0n) is 12.8. The molecular weight excluding hydrogens is 282 g/mol. The minimum Gasteiger partial charge on any atom is -0.464 e. The summed E-state index contributed by atoms with van der Waals surface area (Å²) in [7, 11) is 1.56. The number of carbonyl (C=O) groups excluding carboxylic acids is 1. The van der Waals surface area contributed by atoms with Crippen molar-refractivity contribution >= 4 is 5.91 Å². The second-order valence-electron chi connectivity index (χ2n) is 5.15. The summed E-state index contributed by atoms with van der Waals surface area (Å²) in [6.45, 7) is 2.15. The maximum absolute atomic E-state index is 12.1. The van der Waals surface area contributed by atoms with Gasteiger partial charge in [-0.15, -0.1) is 0 Å². The van der Waals surface area contributed by atoms with Crippen LogP contribution < -0.4 is 5.32 Å².